The van der Waals surface area contributed by atoms with Crippen molar-refractivity contribution in [2.45, 2.75) is 11.4 Å². The van der Waals surface area contributed by atoms with Crippen molar-refractivity contribution in [3.63, 3.8) is 0 Å². The van der Waals surface area contributed by atoms with Crippen molar-refractivity contribution >= 4 is 10.0 Å². The zero-order chi connectivity index (χ0) is 15.5. The van der Waals surface area contributed by atoms with E-state index in [2.05, 4.69) is 0 Å². The van der Waals surface area contributed by atoms with Crippen LogP contribution >= 0.6 is 0 Å². The smallest absolute Gasteiger partial charge is 0.207 e. The fraction of sp³-hybridized carbons (Fsp3) is 0.133. The van der Waals surface area contributed by atoms with Gasteiger partial charge in [-0.2, -0.15) is 9.57 Å². The summed E-state index contributed by atoms with van der Waals surface area (Å²) >= 11 is 0. The summed E-state index contributed by atoms with van der Waals surface area (Å²) < 4.78 is 38.7. The Hall–Kier alpha value is -2.23. The molecular formula is C15H13FN2O2S. The third-order valence-corrected chi connectivity index (χ3v) is 4.83. The third kappa shape index (κ3) is 3.45. The maximum atomic E-state index is 12.9. The number of hydrogen-bond acceptors (Lipinski definition) is 3. The predicted molar refractivity (Wildman–Crippen MR) is 76.2 cm³/mol. The molecule has 0 unspecified atom stereocenters. The van der Waals surface area contributed by atoms with Gasteiger partial charge < -0.3 is 0 Å². The highest BCUT2D eigenvalue weighted by molar-refractivity contribution is 7.89. The maximum absolute atomic E-state index is 12.9. The molecule has 0 saturated carbocycles. The van der Waals surface area contributed by atoms with Crippen LogP contribution in [0.15, 0.2) is 53.4 Å². The van der Waals surface area contributed by atoms with Crippen LogP contribution in [0.1, 0.15) is 11.1 Å². The lowest BCUT2D eigenvalue weighted by Crippen LogP contribution is -2.26. The minimum Gasteiger partial charge on any atom is -0.207 e. The predicted octanol–water partition coefficient (Wildman–Crippen LogP) is 2.52. The highest BCUT2D eigenvalue weighted by Gasteiger charge is 2.20. The molecule has 0 N–H and O–H groups in total. The van der Waals surface area contributed by atoms with Crippen molar-refractivity contribution in [1.29, 1.82) is 5.26 Å². The van der Waals surface area contributed by atoms with Crippen molar-refractivity contribution < 1.29 is 12.8 Å². The normalized spacial score (nSPS) is 11.3. The van der Waals surface area contributed by atoms with E-state index in [4.69, 9.17) is 5.26 Å². The van der Waals surface area contributed by atoms with Crippen molar-refractivity contribution in [1.82, 2.24) is 4.31 Å². The van der Waals surface area contributed by atoms with Crippen LogP contribution in [0.5, 0.6) is 0 Å². The molecule has 2 rings (SSSR count). The summed E-state index contributed by atoms with van der Waals surface area (Å²) in [5.74, 6) is -0.483. The van der Waals surface area contributed by atoms with E-state index < -0.39 is 15.8 Å². The van der Waals surface area contributed by atoms with E-state index in [9.17, 15) is 12.8 Å². The van der Waals surface area contributed by atoms with Crippen LogP contribution in [0.3, 0.4) is 0 Å². The molecule has 4 nitrogen and oxygen atoms in total. The van der Waals surface area contributed by atoms with Crippen LogP contribution in [0.2, 0.25) is 0 Å². The molecule has 2 aromatic rings. The molecule has 21 heavy (non-hydrogen) atoms. The quantitative estimate of drug-likeness (QED) is 0.872. The number of halogens is 1. The maximum Gasteiger partial charge on any atom is 0.243 e. The molecule has 0 atom stereocenters. The first-order valence-electron chi connectivity index (χ1n) is 6.14. The summed E-state index contributed by atoms with van der Waals surface area (Å²) in [6.07, 6.45) is 0. The van der Waals surface area contributed by atoms with Gasteiger partial charge in [-0.25, -0.2) is 12.8 Å². The SMILES string of the molecule is CN(Cc1ccc(C#N)cc1)S(=O)(=O)c1ccc(F)cc1. The topological polar surface area (TPSA) is 61.2 Å². The molecule has 0 aliphatic rings. The van der Waals surface area contributed by atoms with Gasteiger partial charge in [0.15, 0.2) is 0 Å². The summed E-state index contributed by atoms with van der Waals surface area (Å²) in [6, 6.07) is 13.4. The van der Waals surface area contributed by atoms with Crippen molar-refractivity contribution in [3.8, 4) is 6.07 Å². The molecule has 108 valence electrons. The molecule has 0 aromatic heterocycles. The number of hydrogen-bond donors (Lipinski definition) is 0. The van der Waals surface area contributed by atoms with E-state index in [1.165, 1.54) is 23.5 Å². The van der Waals surface area contributed by atoms with Crippen LogP contribution in [0, 0.1) is 17.1 Å². The summed E-state index contributed by atoms with van der Waals surface area (Å²) in [4.78, 5) is 0.0417. The van der Waals surface area contributed by atoms with Gasteiger partial charge >= 0.3 is 0 Å². The zero-order valence-corrected chi connectivity index (χ0v) is 12.1. The van der Waals surface area contributed by atoms with Crippen LogP contribution in [0.25, 0.3) is 0 Å². The second kappa shape index (κ2) is 6.04. The molecule has 6 heteroatoms. The molecule has 0 aliphatic carbocycles. The molecule has 0 fully saturated rings. The average Bonchev–Trinajstić information content (AvgIpc) is 2.48. The monoisotopic (exact) mass is 304 g/mol. The Morgan fingerprint density at radius 2 is 1.67 bits per heavy atom. The summed E-state index contributed by atoms with van der Waals surface area (Å²) in [6.45, 7) is 0.172. The summed E-state index contributed by atoms with van der Waals surface area (Å²) in [5.41, 5.74) is 1.28. The van der Waals surface area contributed by atoms with Gasteiger partial charge in [0.1, 0.15) is 5.82 Å². The molecule has 2 aromatic carbocycles. The molecule has 0 saturated heterocycles. The van der Waals surface area contributed by atoms with Gasteiger partial charge in [-0.15, -0.1) is 0 Å². The second-order valence-electron chi connectivity index (χ2n) is 4.52. The van der Waals surface area contributed by atoms with Crippen LogP contribution < -0.4 is 0 Å². The fourth-order valence-electron chi connectivity index (χ4n) is 1.81. The number of rotatable bonds is 4. The molecular weight excluding hydrogens is 291 g/mol. The lowest BCUT2D eigenvalue weighted by molar-refractivity contribution is 0.466. The van der Waals surface area contributed by atoms with E-state index in [0.29, 0.717) is 5.56 Å². The van der Waals surface area contributed by atoms with Gasteiger partial charge in [-0.05, 0) is 42.0 Å². The standard InChI is InChI=1S/C15H13FN2O2S/c1-18(11-13-4-2-12(10-17)3-5-13)21(19,20)15-8-6-14(16)7-9-15/h2-9H,11H2,1H3. The number of nitriles is 1. The van der Waals surface area contributed by atoms with Gasteiger partial charge in [-0.1, -0.05) is 12.1 Å². The Balaban J connectivity index is 2.20. The van der Waals surface area contributed by atoms with E-state index >= 15 is 0 Å². The Morgan fingerprint density at radius 1 is 1.10 bits per heavy atom. The molecule has 0 bridgehead atoms. The minimum absolute atomic E-state index is 0.0417. The van der Waals surface area contributed by atoms with E-state index in [-0.39, 0.29) is 11.4 Å². The van der Waals surface area contributed by atoms with Gasteiger partial charge in [0, 0.05) is 13.6 Å². The van der Waals surface area contributed by atoms with E-state index in [1.54, 1.807) is 24.3 Å². The first-order chi connectivity index (χ1) is 9.93. The van der Waals surface area contributed by atoms with Gasteiger partial charge in [0.05, 0.1) is 16.5 Å². The zero-order valence-electron chi connectivity index (χ0n) is 11.3. The Bertz CT molecular complexity index is 763. The minimum atomic E-state index is -3.67. The van der Waals surface area contributed by atoms with Crippen molar-refractivity contribution in [2.75, 3.05) is 7.05 Å². The lowest BCUT2D eigenvalue weighted by Gasteiger charge is -2.17. The third-order valence-electron chi connectivity index (χ3n) is 3.01. The van der Waals surface area contributed by atoms with E-state index in [1.807, 2.05) is 6.07 Å². The first kappa shape index (κ1) is 15.2. The molecule has 0 spiro atoms. The van der Waals surface area contributed by atoms with Crippen molar-refractivity contribution in [2.24, 2.45) is 0 Å². The van der Waals surface area contributed by atoms with Crippen molar-refractivity contribution in [3.05, 3.63) is 65.5 Å². The van der Waals surface area contributed by atoms with Gasteiger partial charge in [0.2, 0.25) is 10.0 Å². The second-order valence-corrected chi connectivity index (χ2v) is 6.57. The fourth-order valence-corrected chi connectivity index (χ4v) is 2.97. The lowest BCUT2D eigenvalue weighted by atomic mass is 10.1. The average molecular weight is 304 g/mol. The molecule has 0 radical (unpaired) electrons. The highest BCUT2D eigenvalue weighted by atomic mass is 32.2. The molecule has 0 heterocycles. The first-order valence-corrected chi connectivity index (χ1v) is 7.58. The Kier molecular flexibility index (Phi) is 4.36. The van der Waals surface area contributed by atoms with Gasteiger partial charge in [0.25, 0.3) is 0 Å². The van der Waals surface area contributed by atoms with Crippen LogP contribution in [-0.2, 0) is 16.6 Å². The van der Waals surface area contributed by atoms with Gasteiger partial charge in [-0.3, -0.25) is 0 Å². The summed E-state index contributed by atoms with van der Waals surface area (Å²) in [7, 11) is -2.21. The van der Waals surface area contributed by atoms with Crippen LogP contribution in [-0.4, -0.2) is 19.8 Å². The Labute approximate surface area is 123 Å². The molecule has 0 aliphatic heterocycles. The molecule has 0 amide bonds. The highest BCUT2D eigenvalue weighted by Crippen LogP contribution is 2.17. The number of nitrogens with zero attached hydrogens (tertiary/aromatic N) is 2. The number of sulfonamides is 1. The summed E-state index contributed by atoms with van der Waals surface area (Å²) in [5, 5.41) is 8.72. The van der Waals surface area contributed by atoms with Crippen LogP contribution in [0.4, 0.5) is 4.39 Å². The van der Waals surface area contributed by atoms with E-state index in [0.717, 1.165) is 17.7 Å². The Morgan fingerprint density at radius 3 is 2.19 bits per heavy atom. The largest absolute Gasteiger partial charge is 0.243 e. The number of benzene rings is 2.